The summed E-state index contributed by atoms with van der Waals surface area (Å²) in [7, 11) is 0. The van der Waals surface area contributed by atoms with Gasteiger partial charge >= 0.3 is 0 Å². The highest BCUT2D eigenvalue weighted by molar-refractivity contribution is 7.99. The Hall–Kier alpha value is -0.890. The van der Waals surface area contributed by atoms with Gasteiger partial charge in [0, 0.05) is 29.3 Å². The monoisotopic (exact) mass is 289 g/mol. The predicted molar refractivity (Wildman–Crippen MR) is 91.6 cm³/mol. The molecule has 2 aromatic rings. The molecule has 0 bridgehead atoms. The zero-order chi connectivity index (χ0) is 15.0. The van der Waals surface area contributed by atoms with Gasteiger partial charge in [0.2, 0.25) is 0 Å². The van der Waals surface area contributed by atoms with Gasteiger partial charge in [0.25, 0.3) is 0 Å². The molecule has 0 aliphatic carbocycles. The van der Waals surface area contributed by atoms with Crippen LogP contribution in [0.4, 0.5) is 0 Å². The number of thioether (sulfide) groups is 1. The molecule has 1 heterocycles. The molecule has 1 aromatic carbocycles. The standard InChI is InChI=1S/C18H27NS/c1-17(2,3)12-19-11-14-9-7-8-10-15(14)16(19)20-13-18(4,5)6/h7-11H,12-13H2,1-6H3. The van der Waals surface area contributed by atoms with E-state index in [4.69, 9.17) is 0 Å². The summed E-state index contributed by atoms with van der Waals surface area (Å²) in [5, 5.41) is 4.17. The molecular weight excluding hydrogens is 262 g/mol. The molecule has 1 nitrogen and oxygen atoms in total. The third-order valence-corrected chi connectivity index (χ3v) is 4.77. The first-order valence-electron chi connectivity index (χ1n) is 7.36. The fraction of sp³-hybridized carbons (Fsp3) is 0.556. The van der Waals surface area contributed by atoms with Crippen molar-refractivity contribution < 1.29 is 0 Å². The Labute approximate surface area is 127 Å². The normalized spacial score (nSPS) is 13.1. The van der Waals surface area contributed by atoms with Crippen molar-refractivity contribution in [1.82, 2.24) is 4.57 Å². The van der Waals surface area contributed by atoms with Gasteiger partial charge in [0.1, 0.15) is 0 Å². The first kappa shape index (κ1) is 15.5. The van der Waals surface area contributed by atoms with E-state index >= 15 is 0 Å². The molecule has 0 aliphatic rings. The van der Waals surface area contributed by atoms with Gasteiger partial charge in [-0.25, -0.2) is 0 Å². The van der Waals surface area contributed by atoms with Crippen molar-refractivity contribution in [1.29, 1.82) is 0 Å². The molecule has 2 rings (SSSR count). The minimum absolute atomic E-state index is 0.298. The van der Waals surface area contributed by atoms with Crippen molar-refractivity contribution in [2.75, 3.05) is 5.75 Å². The van der Waals surface area contributed by atoms with Crippen LogP contribution in [0.2, 0.25) is 0 Å². The van der Waals surface area contributed by atoms with Gasteiger partial charge in [-0.05, 0) is 10.8 Å². The molecule has 0 fully saturated rings. The maximum absolute atomic E-state index is 2.45. The van der Waals surface area contributed by atoms with Crippen LogP contribution in [0.25, 0.3) is 10.8 Å². The van der Waals surface area contributed by atoms with Gasteiger partial charge in [0.05, 0.1) is 5.03 Å². The van der Waals surface area contributed by atoms with Crippen molar-refractivity contribution in [2.24, 2.45) is 10.8 Å². The van der Waals surface area contributed by atoms with Gasteiger partial charge in [-0.2, -0.15) is 0 Å². The van der Waals surface area contributed by atoms with Crippen molar-refractivity contribution >= 4 is 22.5 Å². The van der Waals surface area contributed by atoms with Gasteiger partial charge in [-0.15, -0.1) is 11.8 Å². The van der Waals surface area contributed by atoms with E-state index < -0.39 is 0 Å². The Bertz CT molecular complexity index is 581. The number of nitrogens with zero attached hydrogens (tertiary/aromatic N) is 1. The van der Waals surface area contributed by atoms with E-state index in [1.807, 2.05) is 11.8 Å². The van der Waals surface area contributed by atoms with Crippen LogP contribution in [-0.4, -0.2) is 10.3 Å². The third-order valence-electron chi connectivity index (χ3n) is 3.03. The summed E-state index contributed by atoms with van der Waals surface area (Å²) in [5.74, 6) is 1.14. The largest absolute Gasteiger partial charge is 0.341 e. The van der Waals surface area contributed by atoms with Crippen LogP contribution in [0.1, 0.15) is 41.5 Å². The highest BCUT2D eigenvalue weighted by Crippen LogP contribution is 2.35. The summed E-state index contributed by atoms with van der Waals surface area (Å²) in [6.07, 6.45) is 2.31. The van der Waals surface area contributed by atoms with Gasteiger partial charge in [-0.3, -0.25) is 0 Å². The average molecular weight is 289 g/mol. The molecular formula is C18H27NS. The van der Waals surface area contributed by atoms with E-state index in [-0.39, 0.29) is 0 Å². The van der Waals surface area contributed by atoms with Gasteiger partial charge in [-0.1, -0.05) is 65.8 Å². The second-order valence-corrected chi connectivity index (χ2v) is 9.02. The molecule has 0 atom stereocenters. The molecule has 0 radical (unpaired) electrons. The molecule has 0 N–H and O–H groups in total. The van der Waals surface area contributed by atoms with Crippen LogP contribution in [0, 0.1) is 10.8 Å². The summed E-state index contributed by atoms with van der Waals surface area (Å²) < 4.78 is 2.45. The number of hydrogen-bond donors (Lipinski definition) is 0. The third kappa shape index (κ3) is 4.05. The maximum Gasteiger partial charge on any atom is 0.0828 e. The summed E-state index contributed by atoms with van der Waals surface area (Å²) >= 11 is 1.99. The SMILES string of the molecule is CC(C)(C)CSc1c2ccccc2cn1CC(C)(C)C. The fourth-order valence-corrected chi connectivity index (χ4v) is 3.45. The molecule has 20 heavy (non-hydrogen) atoms. The second-order valence-electron chi connectivity index (χ2n) is 8.06. The molecule has 1 aromatic heterocycles. The van der Waals surface area contributed by atoms with Gasteiger partial charge in [0.15, 0.2) is 0 Å². The topological polar surface area (TPSA) is 4.93 Å². The van der Waals surface area contributed by atoms with Crippen molar-refractivity contribution in [3.05, 3.63) is 30.5 Å². The van der Waals surface area contributed by atoms with E-state index in [9.17, 15) is 0 Å². The molecule has 0 amide bonds. The van der Waals surface area contributed by atoms with E-state index in [1.165, 1.54) is 15.8 Å². The Kier molecular flexibility index (Phi) is 4.24. The minimum atomic E-state index is 0.298. The predicted octanol–water partition coefficient (Wildman–Crippen LogP) is 5.83. The maximum atomic E-state index is 2.45. The smallest absolute Gasteiger partial charge is 0.0828 e. The Morgan fingerprint density at radius 3 is 2.20 bits per heavy atom. The second kappa shape index (κ2) is 5.48. The quantitative estimate of drug-likeness (QED) is 0.644. The first-order chi connectivity index (χ1) is 9.16. The van der Waals surface area contributed by atoms with E-state index in [2.05, 4.69) is 76.6 Å². The van der Waals surface area contributed by atoms with E-state index in [1.54, 1.807) is 0 Å². The molecule has 110 valence electrons. The molecule has 0 spiro atoms. The van der Waals surface area contributed by atoms with Crippen molar-refractivity contribution in [2.45, 2.75) is 53.1 Å². The summed E-state index contributed by atoms with van der Waals surface area (Å²) in [4.78, 5) is 0. The van der Waals surface area contributed by atoms with Crippen molar-refractivity contribution in [3.63, 3.8) is 0 Å². The average Bonchev–Trinajstić information content (AvgIpc) is 2.60. The zero-order valence-corrected chi connectivity index (χ0v) is 14.5. The lowest BCUT2D eigenvalue weighted by atomic mass is 9.97. The fourth-order valence-electron chi connectivity index (χ4n) is 2.26. The lowest BCUT2D eigenvalue weighted by Crippen LogP contribution is -2.16. The Balaban J connectivity index is 2.39. The van der Waals surface area contributed by atoms with Crippen LogP contribution in [-0.2, 0) is 6.54 Å². The molecule has 0 aliphatic heterocycles. The minimum Gasteiger partial charge on any atom is -0.341 e. The van der Waals surface area contributed by atoms with Crippen LogP contribution in [0.15, 0.2) is 35.5 Å². The number of rotatable bonds is 3. The Morgan fingerprint density at radius 1 is 0.950 bits per heavy atom. The zero-order valence-electron chi connectivity index (χ0n) is 13.7. The Morgan fingerprint density at radius 2 is 1.60 bits per heavy atom. The number of hydrogen-bond acceptors (Lipinski definition) is 1. The molecule has 0 saturated carbocycles. The van der Waals surface area contributed by atoms with Crippen LogP contribution < -0.4 is 0 Å². The molecule has 2 heteroatoms. The van der Waals surface area contributed by atoms with Crippen LogP contribution >= 0.6 is 11.8 Å². The summed E-state index contributed by atoms with van der Waals surface area (Å²) in [5.41, 5.74) is 0.648. The van der Waals surface area contributed by atoms with Gasteiger partial charge < -0.3 is 4.57 Å². The molecule has 0 unspecified atom stereocenters. The van der Waals surface area contributed by atoms with E-state index in [0.717, 1.165) is 12.3 Å². The summed E-state index contributed by atoms with van der Waals surface area (Å²) in [6, 6.07) is 8.74. The molecule has 0 saturated heterocycles. The number of aromatic nitrogens is 1. The highest BCUT2D eigenvalue weighted by atomic mass is 32.2. The highest BCUT2D eigenvalue weighted by Gasteiger charge is 2.18. The number of benzene rings is 1. The van der Waals surface area contributed by atoms with E-state index in [0.29, 0.717) is 10.8 Å². The van der Waals surface area contributed by atoms with Crippen LogP contribution in [0.5, 0.6) is 0 Å². The number of fused-ring (bicyclic) bond motifs is 1. The van der Waals surface area contributed by atoms with Crippen LogP contribution in [0.3, 0.4) is 0 Å². The summed E-state index contributed by atoms with van der Waals surface area (Å²) in [6.45, 7) is 14.9. The lowest BCUT2D eigenvalue weighted by molar-refractivity contribution is 0.334. The lowest BCUT2D eigenvalue weighted by Gasteiger charge is -2.23. The first-order valence-corrected chi connectivity index (χ1v) is 8.35. The van der Waals surface area contributed by atoms with Crippen molar-refractivity contribution in [3.8, 4) is 0 Å².